The van der Waals surface area contributed by atoms with Gasteiger partial charge in [-0.25, -0.2) is 9.79 Å². The van der Waals surface area contributed by atoms with Crippen LogP contribution in [0.25, 0.3) is 0 Å². The second-order valence-corrected chi connectivity index (χ2v) is 11.9. The highest BCUT2D eigenvalue weighted by atomic mass is 32.1. The Morgan fingerprint density at radius 3 is 2.27 bits per heavy atom. The Morgan fingerprint density at radius 1 is 1.36 bits per heavy atom. The number of isothiocyanates is 1. The number of hydrogen-bond donors (Lipinski definition) is 0. The highest BCUT2D eigenvalue weighted by Gasteiger charge is 2.42. The first-order chi connectivity index (χ1) is 9.96. The van der Waals surface area contributed by atoms with Gasteiger partial charge < -0.3 is 9.16 Å². The molecule has 0 heterocycles. The summed E-state index contributed by atoms with van der Waals surface area (Å²) in [6, 6.07) is -0.804. The van der Waals surface area contributed by atoms with Gasteiger partial charge in [-0.1, -0.05) is 32.4 Å². The number of aliphatic imine (C=N–C) groups is 1. The molecule has 0 rings (SSSR count). The Balaban J connectivity index is 5.64. The van der Waals surface area contributed by atoms with Crippen molar-refractivity contribution >= 4 is 31.7 Å². The standard InChI is InChI=1S/C16H29NO3SSi/c1-9-19-15(18)14(17-11-21)13(10-12(2)3)20-22(7,8)16(4,5)6/h10,13-14H,9H2,1-8H3/t13-,14+/m1/s1. The number of rotatable bonds is 7. The van der Waals surface area contributed by atoms with Crippen molar-refractivity contribution in [3.8, 4) is 0 Å². The molecule has 0 fully saturated rings. The third-order valence-corrected chi connectivity index (χ3v) is 8.34. The van der Waals surface area contributed by atoms with Crippen LogP contribution in [0.15, 0.2) is 16.6 Å². The van der Waals surface area contributed by atoms with Gasteiger partial charge in [-0.2, -0.15) is 0 Å². The lowest BCUT2D eigenvalue weighted by Gasteiger charge is -2.39. The van der Waals surface area contributed by atoms with Crippen molar-refractivity contribution in [2.75, 3.05) is 6.61 Å². The lowest BCUT2D eigenvalue weighted by Crippen LogP contribution is -2.48. The molecule has 0 aromatic rings. The van der Waals surface area contributed by atoms with E-state index in [9.17, 15) is 4.79 Å². The van der Waals surface area contributed by atoms with E-state index in [-0.39, 0.29) is 5.04 Å². The van der Waals surface area contributed by atoms with Gasteiger partial charge in [0.25, 0.3) is 0 Å². The minimum Gasteiger partial charge on any atom is -0.464 e. The van der Waals surface area contributed by atoms with Crippen molar-refractivity contribution in [2.24, 2.45) is 4.99 Å². The highest BCUT2D eigenvalue weighted by Crippen LogP contribution is 2.38. The Bertz CT molecular complexity index is 459. The smallest absolute Gasteiger partial charge is 0.334 e. The summed E-state index contributed by atoms with van der Waals surface area (Å²) in [6.45, 7) is 16.7. The number of allylic oxidation sites excluding steroid dienone is 1. The summed E-state index contributed by atoms with van der Waals surface area (Å²) >= 11 is 4.69. The number of carbonyl (C=O) groups excluding carboxylic acids is 1. The summed E-state index contributed by atoms with van der Waals surface area (Å²) in [4.78, 5) is 16.2. The average molecular weight is 344 g/mol. The quantitative estimate of drug-likeness (QED) is 0.226. The number of thiocarbonyl (C=S) groups is 1. The van der Waals surface area contributed by atoms with Crippen molar-refractivity contribution in [1.82, 2.24) is 0 Å². The van der Waals surface area contributed by atoms with Gasteiger partial charge >= 0.3 is 5.97 Å². The van der Waals surface area contributed by atoms with E-state index in [2.05, 4.69) is 56.2 Å². The molecule has 4 nitrogen and oxygen atoms in total. The predicted molar refractivity (Wildman–Crippen MR) is 96.9 cm³/mol. The van der Waals surface area contributed by atoms with Gasteiger partial charge in [0.05, 0.1) is 17.9 Å². The maximum atomic E-state index is 12.2. The summed E-state index contributed by atoms with van der Waals surface area (Å²) in [5.41, 5.74) is 1.05. The molecule has 0 spiro atoms. The normalized spacial score (nSPS) is 14.5. The zero-order chi connectivity index (χ0) is 17.6. The Morgan fingerprint density at radius 2 is 1.91 bits per heavy atom. The van der Waals surface area contributed by atoms with Gasteiger partial charge in [-0.15, -0.1) is 0 Å². The van der Waals surface area contributed by atoms with Crippen LogP contribution in [0.2, 0.25) is 18.1 Å². The molecule has 0 N–H and O–H groups in total. The largest absolute Gasteiger partial charge is 0.464 e. The molecule has 6 heteroatoms. The van der Waals surface area contributed by atoms with Gasteiger partial charge in [-0.05, 0) is 51.1 Å². The summed E-state index contributed by atoms with van der Waals surface area (Å²) < 4.78 is 11.5. The average Bonchev–Trinajstić information content (AvgIpc) is 2.33. The monoisotopic (exact) mass is 343 g/mol. The van der Waals surface area contributed by atoms with E-state index in [4.69, 9.17) is 9.16 Å². The van der Waals surface area contributed by atoms with E-state index in [1.807, 2.05) is 19.9 Å². The first kappa shape index (κ1) is 21.2. The first-order valence-corrected chi connectivity index (χ1v) is 10.8. The third kappa shape index (κ3) is 6.52. The van der Waals surface area contributed by atoms with Crippen molar-refractivity contribution in [1.29, 1.82) is 0 Å². The molecular formula is C16H29NO3SSi. The van der Waals surface area contributed by atoms with Crippen LogP contribution in [0.4, 0.5) is 0 Å². The number of carbonyl (C=O) groups is 1. The molecule has 0 radical (unpaired) electrons. The van der Waals surface area contributed by atoms with Crippen molar-refractivity contribution in [2.45, 2.75) is 71.8 Å². The van der Waals surface area contributed by atoms with Crippen LogP contribution in [0.1, 0.15) is 41.5 Å². The molecule has 0 amide bonds. The maximum absolute atomic E-state index is 12.2. The second-order valence-electron chi connectivity index (χ2n) is 7.00. The molecule has 0 unspecified atom stereocenters. The second kappa shape index (κ2) is 8.72. The van der Waals surface area contributed by atoms with Gasteiger partial charge in [0.15, 0.2) is 14.4 Å². The summed E-state index contributed by atoms with van der Waals surface area (Å²) in [6.07, 6.45) is 1.43. The fourth-order valence-electron chi connectivity index (χ4n) is 1.58. The Labute approximate surface area is 141 Å². The highest BCUT2D eigenvalue weighted by molar-refractivity contribution is 7.78. The van der Waals surface area contributed by atoms with Crippen LogP contribution in [0, 0.1) is 0 Å². The van der Waals surface area contributed by atoms with Crippen LogP contribution in [0.3, 0.4) is 0 Å². The van der Waals surface area contributed by atoms with Gasteiger partial charge in [0, 0.05) is 0 Å². The minimum absolute atomic E-state index is 0.0291. The molecule has 0 saturated heterocycles. The minimum atomic E-state index is -2.07. The number of hydrogen-bond acceptors (Lipinski definition) is 5. The molecule has 126 valence electrons. The van der Waals surface area contributed by atoms with Crippen molar-refractivity contribution in [3.05, 3.63) is 11.6 Å². The van der Waals surface area contributed by atoms with Gasteiger partial charge in [0.1, 0.15) is 0 Å². The molecule has 2 atom stereocenters. The molecule has 0 aliphatic carbocycles. The van der Waals surface area contributed by atoms with Crippen LogP contribution in [-0.2, 0) is 14.0 Å². The van der Waals surface area contributed by atoms with Gasteiger partial charge in [-0.3, -0.25) is 0 Å². The summed E-state index contributed by atoms with van der Waals surface area (Å²) in [5.74, 6) is -0.430. The molecule has 0 aliphatic heterocycles. The van der Waals surface area contributed by atoms with Crippen LogP contribution in [0.5, 0.6) is 0 Å². The molecule has 0 saturated carbocycles. The first-order valence-electron chi connectivity index (χ1n) is 7.52. The third-order valence-electron chi connectivity index (χ3n) is 3.77. The van der Waals surface area contributed by atoms with Crippen LogP contribution in [-0.4, -0.2) is 38.2 Å². The van der Waals surface area contributed by atoms with E-state index in [0.29, 0.717) is 6.61 Å². The van der Waals surface area contributed by atoms with E-state index in [0.717, 1.165) is 5.57 Å². The van der Waals surface area contributed by atoms with Crippen molar-refractivity contribution < 1.29 is 14.0 Å². The molecule has 0 aromatic carbocycles. The predicted octanol–water partition coefficient (Wildman–Crippen LogP) is 4.38. The van der Waals surface area contributed by atoms with Gasteiger partial charge in [0.2, 0.25) is 0 Å². The maximum Gasteiger partial charge on any atom is 0.334 e. The lowest BCUT2D eigenvalue weighted by atomic mass is 10.1. The van der Waals surface area contributed by atoms with E-state index in [1.165, 1.54) is 0 Å². The Kier molecular flexibility index (Phi) is 8.40. The summed E-state index contributed by atoms with van der Waals surface area (Å²) in [7, 11) is -2.07. The Hall–Kier alpha value is -0.813. The SMILES string of the molecule is CCOC(=O)[C@@H](N=C=S)[C@@H](C=C(C)C)O[Si](C)(C)C(C)(C)C. The molecule has 0 bridgehead atoms. The molecular weight excluding hydrogens is 314 g/mol. The topological polar surface area (TPSA) is 47.9 Å². The summed E-state index contributed by atoms with van der Waals surface area (Å²) in [5, 5.41) is 2.33. The fraction of sp³-hybridized carbons (Fsp3) is 0.750. The van der Waals surface area contributed by atoms with E-state index in [1.54, 1.807) is 6.92 Å². The lowest BCUT2D eigenvalue weighted by molar-refractivity contribution is -0.146. The number of nitrogens with zero attached hydrogens (tertiary/aromatic N) is 1. The molecule has 0 aromatic heterocycles. The molecule has 22 heavy (non-hydrogen) atoms. The number of ether oxygens (including phenoxy) is 1. The van der Waals surface area contributed by atoms with Crippen molar-refractivity contribution in [3.63, 3.8) is 0 Å². The van der Waals surface area contributed by atoms with Crippen LogP contribution >= 0.6 is 12.2 Å². The zero-order valence-electron chi connectivity index (χ0n) is 15.0. The zero-order valence-corrected chi connectivity index (χ0v) is 16.8. The van der Waals surface area contributed by atoms with E-state index < -0.39 is 26.4 Å². The van der Waals surface area contributed by atoms with Crippen LogP contribution < -0.4 is 0 Å². The number of esters is 1. The fourth-order valence-corrected chi connectivity index (χ4v) is 2.92. The van der Waals surface area contributed by atoms with E-state index >= 15 is 0 Å². The molecule has 0 aliphatic rings.